The van der Waals surface area contributed by atoms with Gasteiger partial charge in [-0.3, -0.25) is 14.3 Å². The summed E-state index contributed by atoms with van der Waals surface area (Å²) in [4.78, 5) is 23.2. The van der Waals surface area contributed by atoms with E-state index in [0.29, 0.717) is 24.2 Å². The van der Waals surface area contributed by atoms with E-state index in [0.717, 1.165) is 5.56 Å². The molecule has 0 aliphatic heterocycles. The number of hydrogen-bond donors (Lipinski definition) is 2. The number of benzene rings is 1. The normalized spacial score (nSPS) is 10.7. The van der Waals surface area contributed by atoms with E-state index in [-0.39, 0.29) is 6.04 Å². The van der Waals surface area contributed by atoms with Gasteiger partial charge in [-0.1, -0.05) is 30.3 Å². The van der Waals surface area contributed by atoms with Crippen molar-refractivity contribution in [3.05, 3.63) is 42.1 Å². The van der Waals surface area contributed by atoms with Gasteiger partial charge in [0.1, 0.15) is 5.69 Å². The fraction of sp³-hybridized carbons (Fsp3) is 0.278. The van der Waals surface area contributed by atoms with Crippen molar-refractivity contribution in [2.75, 3.05) is 0 Å². The molecule has 1 aromatic heterocycles. The van der Waals surface area contributed by atoms with Gasteiger partial charge in [-0.2, -0.15) is 15.5 Å². The minimum Gasteiger partial charge on any atom is -0.346 e. The largest absolute Gasteiger partial charge is 0.346 e. The lowest BCUT2D eigenvalue weighted by atomic mass is 10.1. The summed E-state index contributed by atoms with van der Waals surface area (Å²) >= 11 is 0. The fourth-order valence-electron chi connectivity index (χ4n) is 2.17. The number of nitriles is 1. The van der Waals surface area contributed by atoms with Crippen LogP contribution in [0.3, 0.4) is 0 Å². The van der Waals surface area contributed by atoms with Gasteiger partial charge in [0.15, 0.2) is 0 Å². The lowest BCUT2D eigenvalue weighted by Crippen LogP contribution is -2.41. The zero-order valence-corrected chi connectivity index (χ0v) is 14.6. The van der Waals surface area contributed by atoms with Gasteiger partial charge in [-0.05, 0) is 13.8 Å². The minimum absolute atomic E-state index is 0.139. The van der Waals surface area contributed by atoms with Crippen molar-refractivity contribution in [1.29, 1.82) is 5.26 Å². The van der Waals surface area contributed by atoms with Gasteiger partial charge in [0.05, 0.1) is 25.2 Å². The van der Waals surface area contributed by atoms with Crippen molar-refractivity contribution < 1.29 is 9.59 Å². The quantitative estimate of drug-likeness (QED) is 0.465. The summed E-state index contributed by atoms with van der Waals surface area (Å²) in [5.41, 5.74) is 4.42. The molecule has 8 heteroatoms. The first-order valence-corrected chi connectivity index (χ1v) is 8.15. The Morgan fingerprint density at radius 3 is 2.69 bits per heavy atom. The van der Waals surface area contributed by atoms with Gasteiger partial charge in [0, 0.05) is 23.4 Å². The molecule has 134 valence electrons. The van der Waals surface area contributed by atoms with E-state index < -0.39 is 11.8 Å². The van der Waals surface area contributed by atoms with Crippen molar-refractivity contribution in [2.24, 2.45) is 5.10 Å². The number of aryl methyl sites for hydroxylation is 1. The molecule has 0 aliphatic rings. The average molecular weight is 352 g/mol. The summed E-state index contributed by atoms with van der Waals surface area (Å²) in [5, 5.41) is 19.5. The van der Waals surface area contributed by atoms with Crippen molar-refractivity contribution >= 4 is 18.0 Å². The number of carbonyl (C=O) groups excluding carboxylic acids is 2. The van der Waals surface area contributed by atoms with E-state index in [1.54, 1.807) is 24.7 Å². The summed E-state index contributed by atoms with van der Waals surface area (Å²) in [6.07, 6.45) is 3.50. The van der Waals surface area contributed by atoms with Crippen LogP contribution >= 0.6 is 0 Å². The molecule has 2 N–H and O–H groups in total. The maximum Gasteiger partial charge on any atom is 0.329 e. The zero-order chi connectivity index (χ0) is 18.9. The van der Waals surface area contributed by atoms with Gasteiger partial charge in [0.2, 0.25) is 0 Å². The third kappa shape index (κ3) is 5.27. The molecule has 0 spiro atoms. The van der Waals surface area contributed by atoms with E-state index in [1.807, 2.05) is 30.3 Å². The van der Waals surface area contributed by atoms with Crippen LogP contribution in [-0.4, -0.2) is 33.9 Å². The Morgan fingerprint density at radius 2 is 2.04 bits per heavy atom. The molecule has 0 saturated heterocycles. The van der Waals surface area contributed by atoms with Gasteiger partial charge in [-0.15, -0.1) is 0 Å². The lowest BCUT2D eigenvalue weighted by Gasteiger charge is -2.05. The molecule has 0 aliphatic carbocycles. The number of amides is 2. The maximum atomic E-state index is 11.7. The number of nitrogens with zero attached hydrogens (tertiary/aromatic N) is 4. The molecule has 2 amide bonds. The molecular formula is C18H20N6O2. The summed E-state index contributed by atoms with van der Waals surface area (Å²) in [5.74, 6) is -1.58. The molecule has 26 heavy (non-hydrogen) atoms. The molecule has 0 atom stereocenters. The van der Waals surface area contributed by atoms with E-state index >= 15 is 0 Å². The van der Waals surface area contributed by atoms with Crippen LogP contribution in [0, 0.1) is 11.3 Å². The zero-order valence-electron chi connectivity index (χ0n) is 14.6. The lowest BCUT2D eigenvalue weighted by molar-refractivity contribution is -0.139. The van der Waals surface area contributed by atoms with Crippen LogP contribution in [0.4, 0.5) is 0 Å². The SMILES string of the molecule is CC(C)NC(=O)C(=O)N/N=C\c1cn(CCC#N)nc1-c1ccccc1. The predicted octanol–water partition coefficient (Wildman–Crippen LogP) is 1.44. The topological polar surface area (TPSA) is 112 Å². The van der Waals surface area contributed by atoms with Gasteiger partial charge in [-0.25, -0.2) is 5.43 Å². The van der Waals surface area contributed by atoms with Crippen LogP contribution in [-0.2, 0) is 16.1 Å². The van der Waals surface area contributed by atoms with E-state index in [4.69, 9.17) is 5.26 Å². The Kier molecular flexibility index (Phi) is 6.62. The Labute approximate surface area is 151 Å². The third-order valence-electron chi connectivity index (χ3n) is 3.29. The van der Waals surface area contributed by atoms with E-state index in [9.17, 15) is 9.59 Å². The number of aromatic nitrogens is 2. The highest BCUT2D eigenvalue weighted by Crippen LogP contribution is 2.20. The highest BCUT2D eigenvalue weighted by Gasteiger charge is 2.14. The molecular weight excluding hydrogens is 332 g/mol. The first-order chi connectivity index (χ1) is 12.5. The average Bonchev–Trinajstić information content (AvgIpc) is 3.03. The Morgan fingerprint density at radius 1 is 1.31 bits per heavy atom. The molecule has 0 fully saturated rings. The molecule has 8 nitrogen and oxygen atoms in total. The van der Waals surface area contributed by atoms with Crippen molar-refractivity contribution in [3.8, 4) is 17.3 Å². The maximum absolute atomic E-state index is 11.7. The van der Waals surface area contributed by atoms with Gasteiger partial charge < -0.3 is 5.32 Å². The molecule has 0 saturated carbocycles. The van der Waals surface area contributed by atoms with Crippen LogP contribution in [0.15, 0.2) is 41.6 Å². The Bertz CT molecular complexity index is 833. The monoisotopic (exact) mass is 352 g/mol. The van der Waals surface area contributed by atoms with Crippen molar-refractivity contribution in [2.45, 2.75) is 32.9 Å². The Balaban J connectivity index is 2.16. The van der Waals surface area contributed by atoms with Crippen LogP contribution in [0.5, 0.6) is 0 Å². The number of hydrogen-bond acceptors (Lipinski definition) is 5. The van der Waals surface area contributed by atoms with Crippen molar-refractivity contribution in [1.82, 2.24) is 20.5 Å². The molecule has 1 aromatic carbocycles. The molecule has 2 aromatic rings. The number of nitrogens with one attached hydrogen (secondary N) is 2. The van der Waals surface area contributed by atoms with Crippen LogP contribution < -0.4 is 10.7 Å². The summed E-state index contributed by atoms with van der Waals surface area (Å²) in [7, 11) is 0. The number of hydrazone groups is 1. The summed E-state index contributed by atoms with van der Waals surface area (Å²) in [6, 6.07) is 11.4. The number of carbonyl (C=O) groups is 2. The summed E-state index contributed by atoms with van der Waals surface area (Å²) < 4.78 is 1.65. The Hall–Kier alpha value is -3.47. The van der Waals surface area contributed by atoms with Crippen LogP contribution in [0.1, 0.15) is 25.8 Å². The van der Waals surface area contributed by atoms with Crippen LogP contribution in [0.25, 0.3) is 11.3 Å². The second-order valence-corrected chi connectivity index (χ2v) is 5.80. The standard InChI is InChI=1S/C18H20N6O2/c1-13(2)21-17(25)18(26)22-20-11-15-12-24(10-6-9-19)23-16(15)14-7-4-3-5-8-14/h3-5,7-8,11-13H,6,10H2,1-2H3,(H,21,25)(H,22,26)/b20-11-. The van der Waals surface area contributed by atoms with E-state index in [2.05, 4.69) is 27.0 Å². The van der Waals surface area contributed by atoms with E-state index in [1.165, 1.54) is 6.21 Å². The first-order valence-electron chi connectivity index (χ1n) is 8.15. The second kappa shape index (κ2) is 9.13. The third-order valence-corrected chi connectivity index (χ3v) is 3.29. The molecule has 0 radical (unpaired) electrons. The number of rotatable bonds is 6. The molecule has 0 bridgehead atoms. The minimum atomic E-state index is -0.840. The highest BCUT2D eigenvalue weighted by molar-refractivity contribution is 6.35. The molecule has 1 heterocycles. The molecule has 2 rings (SSSR count). The first kappa shape index (κ1) is 18.9. The fourth-order valence-corrected chi connectivity index (χ4v) is 2.17. The summed E-state index contributed by atoms with van der Waals surface area (Å²) in [6.45, 7) is 3.97. The predicted molar refractivity (Wildman–Crippen MR) is 96.9 cm³/mol. The van der Waals surface area contributed by atoms with Gasteiger partial charge >= 0.3 is 11.8 Å². The molecule has 0 unspecified atom stereocenters. The van der Waals surface area contributed by atoms with Crippen molar-refractivity contribution in [3.63, 3.8) is 0 Å². The highest BCUT2D eigenvalue weighted by atomic mass is 16.2. The second-order valence-electron chi connectivity index (χ2n) is 5.80. The van der Waals surface area contributed by atoms with Crippen LogP contribution in [0.2, 0.25) is 0 Å². The smallest absolute Gasteiger partial charge is 0.329 e. The van der Waals surface area contributed by atoms with Gasteiger partial charge in [0.25, 0.3) is 0 Å².